The number of fused-ring (bicyclic) bond motifs is 3. The van der Waals surface area contributed by atoms with E-state index in [0.717, 1.165) is 24.5 Å². The van der Waals surface area contributed by atoms with Crippen molar-refractivity contribution in [2.45, 2.75) is 23.5 Å². The maximum absolute atomic E-state index is 4.48. The number of para-hydroxylation sites is 1. The molecular weight excluding hydrogens is 290 g/mol. The van der Waals surface area contributed by atoms with Gasteiger partial charge in [-0.2, -0.15) is 5.10 Å². The summed E-state index contributed by atoms with van der Waals surface area (Å²) in [6.07, 6.45) is 0.903. The second kappa shape index (κ2) is 5.61. The summed E-state index contributed by atoms with van der Waals surface area (Å²) in [6.45, 7) is 2.87. The minimum Gasteiger partial charge on any atom is -0.321 e. The Morgan fingerprint density at radius 3 is 2.64 bits per heavy atom. The zero-order valence-corrected chi connectivity index (χ0v) is 13.3. The van der Waals surface area contributed by atoms with Crippen LogP contribution in [0, 0.1) is 0 Å². The Morgan fingerprint density at radius 2 is 1.77 bits per heavy atom. The van der Waals surface area contributed by atoms with E-state index in [9.17, 15) is 0 Å². The predicted octanol–water partition coefficient (Wildman–Crippen LogP) is 4.52. The van der Waals surface area contributed by atoms with Crippen LogP contribution in [0.4, 0.5) is 5.69 Å². The van der Waals surface area contributed by atoms with Gasteiger partial charge >= 0.3 is 0 Å². The van der Waals surface area contributed by atoms with E-state index in [1.165, 1.54) is 16.1 Å². The van der Waals surface area contributed by atoms with Gasteiger partial charge in [-0.3, -0.25) is 0 Å². The van der Waals surface area contributed by atoms with Gasteiger partial charge in [0.1, 0.15) is 5.84 Å². The molecular formula is C18H17N3S. The van der Waals surface area contributed by atoms with Crippen molar-refractivity contribution >= 4 is 29.0 Å². The molecule has 0 saturated carbocycles. The highest BCUT2D eigenvalue weighted by Gasteiger charge is 2.29. The molecule has 0 aliphatic carbocycles. The van der Waals surface area contributed by atoms with Crippen molar-refractivity contribution in [3.63, 3.8) is 0 Å². The van der Waals surface area contributed by atoms with E-state index in [1.54, 1.807) is 0 Å². The zero-order valence-electron chi connectivity index (χ0n) is 12.4. The molecule has 4 rings (SSSR count). The van der Waals surface area contributed by atoms with E-state index in [4.69, 9.17) is 0 Å². The van der Waals surface area contributed by atoms with E-state index >= 15 is 0 Å². The number of nitrogens with zero attached hydrogens (tertiary/aromatic N) is 3. The van der Waals surface area contributed by atoms with Crippen molar-refractivity contribution in [1.82, 2.24) is 0 Å². The van der Waals surface area contributed by atoms with Crippen LogP contribution in [0.3, 0.4) is 0 Å². The van der Waals surface area contributed by atoms with Crippen LogP contribution in [-0.4, -0.2) is 18.1 Å². The van der Waals surface area contributed by atoms with Crippen LogP contribution < -0.4 is 4.90 Å². The van der Waals surface area contributed by atoms with Gasteiger partial charge in [-0.05, 0) is 24.6 Å². The molecule has 2 aromatic rings. The lowest BCUT2D eigenvalue weighted by atomic mass is 10.1. The summed E-state index contributed by atoms with van der Waals surface area (Å²) >= 11 is 1.92. The van der Waals surface area contributed by atoms with E-state index in [-0.39, 0.29) is 0 Å². The first-order valence-electron chi connectivity index (χ1n) is 7.49. The monoisotopic (exact) mass is 307 g/mol. The molecule has 4 heteroatoms. The Morgan fingerprint density at radius 1 is 1.00 bits per heavy atom. The molecule has 0 saturated heterocycles. The molecule has 0 radical (unpaired) electrons. The van der Waals surface area contributed by atoms with Crippen LogP contribution >= 0.6 is 11.8 Å². The minimum atomic E-state index is 0.375. The molecule has 2 aliphatic heterocycles. The van der Waals surface area contributed by atoms with Crippen LogP contribution in [-0.2, 0) is 0 Å². The number of rotatable bonds is 1. The fourth-order valence-corrected chi connectivity index (χ4v) is 4.21. The van der Waals surface area contributed by atoms with E-state index < -0.39 is 0 Å². The van der Waals surface area contributed by atoms with Crippen LogP contribution in [0.15, 0.2) is 69.7 Å². The summed E-state index contributed by atoms with van der Waals surface area (Å²) in [4.78, 5) is 3.63. The Balaban J connectivity index is 1.81. The fourth-order valence-electron chi connectivity index (χ4n) is 2.92. The molecule has 0 spiro atoms. The van der Waals surface area contributed by atoms with Crippen LogP contribution in [0.25, 0.3) is 0 Å². The highest BCUT2D eigenvalue weighted by molar-refractivity contribution is 7.99. The van der Waals surface area contributed by atoms with E-state index in [0.29, 0.717) is 5.25 Å². The normalized spacial score (nSPS) is 20.4. The van der Waals surface area contributed by atoms with Crippen LogP contribution in [0.1, 0.15) is 24.2 Å². The highest BCUT2D eigenvalue weighted by atomic mass is 32.2. The average Bonchev–Trinajstić information content (AvgIpc) is 2.72. The largest absolute Gasteiger partial charge is 0.321 e. The highest BCUT2D eigenvalue weighted by Crippen LogP contribution is 2.45. The van der Waals surface area contributed by atoms with Crippen molar-refractivity contribution in [3.8, 4) is 0 Å². The lowest BCUT2D eigenvalue weighted by Crippen LogP contribution is -2.37. The zero-order chi connectivity index (χ0) is 14.9. The first-order chi connectivity index (χ1) is 10.8. The summed E-state index contributed by atoms with van der Waals surface area (Å²) in [7, 11) is 0. The second-order valence-corrected chi connectivity index (χ2v) is 6.87. The fraction of sp³-hybridized carbons (Fsp3) is 0.222. The number of amidine groups is 1. The molecule has 110 valence electrons. The Hall–Kier alpha value is -2.07. The van der Waals surface area contributed by atoms with Crippen molar-refractivity contribution in [1.29, 1.82) is 0 Å². The molecule has 0 fully saturated rings. The number of anilines is 1. The molecule has 1 atom stereocenters. The van der Waals surface area contributed by atoms with Gasteiger partial charge in [0.05, 0.1) is 17.9 Å². The standard InChI is InChI=1S/C18H17N3S/c1-13-12-21-15-9-5-6-10-16(15)22-17(11-18(21)20-19-13)14-7-3-2-4-8-14/h2-10,17H,11-12H2,1H3. The first kappa shape index (κ1) is 13.6. The summed E-state index contributed by atoms with van der Waals surface area (Å²) < 4.78 is 0. The Bertz CT molecular complexity index is 752. The molecule has 0 bridgehead atoms. The van der Waals surface area contributed by atoms with Crippen molar-refractivity contribution < 1.29 is 0 Å². The predicted molar refractivity (Wildman–Crippen MR) is 94.0 cm³/mol. The first-order valence-corrected chi connectivity index (χ1v) is 8.37. The molecule has 0 N–H and O–H groups in total. The van der Waals surface area contributed by atoms with Crippen molar-refractivity contribution in [2.24, 2.45) is 10.2 Å². The third-order valence-corrected chi connectivity index (χ3v) is 5.32. The Labute approximate surface area is 134 Å². The van der Waals surface area contributed by atoms with E-state index in [1.807, 2.05) is 18.7 Å². The van der Waals surface area contributed by atoms with Gasteiger partial charge in [-0.15, -0.1) is 16.9 Å². The van der Waals surface area contributed by atoms with Gasteiger partial charge in [-0.25, -0.2) is 0 Å². The number of benzene rings is 2. The quantitative estimate of drug-likeness (QED) is 0.775. The topological polar surface area (TPSA) is 28.0 Å². The molecule has 2 aromatic carbocycles. The third-order valence-electron chi connectivity index (χ3n) is 4.00. The maximum Gasteiger partial charge on any atom is 0.133 e. The SMILES string of the molecule is CC1=NN=C2CC(c3ccccc3)Sc3ccccc3N2C1. The van der Waals surface area contributed by atoms with Crippen molar-refractivity contribution in [3.05, 3.63) is 60.2 Å². The van der Waals surface area contributed by atoms with Crippen molar-refractivity contribution in [2.75, 3.05) is 11.4 Å². The molecule has 3 nitrogen and oxygen atoms in total. The molecule has 0 amide bonds. The van der Waals surface area contributed by atoms with Gasteiger partial charge in [0.15, 0.2) is 0 Å². The van der Waals surface area contributed by atoms with Crippen LogP contribution in [0.5, 0.6) is 0 Å². The van der Waals surface area contributed by atoms with Gasteiger partial charge in [0.25, 0.3) is 0 Å². The lowest BCUT2D eigenvalue weighted by molar-refractivity contribution is 0.944. The average molecular weight is 307 g/mol. The molecule has 22 heavy (non-hydrogen) atoms. The van der Waals surface area contributed by atoms with Gasteiger partial charge in [-0.1, -0.05) is 42.5 Å². The Kier molecular flexibility index (Phi) is 3.47. The number of thioether (sulfide) groups is 1. The number of hydrogen-bond acceptors (Lipinski definition) is 4. The van der Waals surface area contributed by atoms with Gasteiger partial charge in [0.2, 0.25) is 0 Å². The molecule has 1 unspecified atom stereocenters. The molecule has 0 aromatic heterocycles. The summed E-state index contributed by atoms with van der Waals surface area (Å²) in [5, 5.41) is 9.17. The smallest absolute Gasteiger partial charge is 0.133 e. The second-order valence-electron chi connectivity index (χ2n) is 5.63. The number of hydrogen-bond donors (Lipinski definition) is 0. The third kappa shape index (κ3) is 2.44. The maximum atomic E-state index is 4.48. The van der Waals surface area contributed by atoms with Gasteiger partial charge < -0.3 is 4.90 Å². The molecule has 2 aliphatic rings. The van der Waals surface area contributed by atoms with E-state index in [2.05, 4.69) is 69.7 Å². The van der Waals surface area contributed by atoms with Crippen LogP contribution in [0.2, 0.25) is 0 Å². The van der Waals surface area contributed by atoms with Gasteiger partial charge in [0, 0.05) is 16.6 Å². The lowest BCUT2D eigenvalue weighted by Gasteiger charge is -2.27. The molecule has 2 heterocycles. The summed E-state index contributed by atoms with van der Waals surface area (Å²) in [5.41, 5.74) is 3.65. The summed E-state index contributed by atoms with van der Waals surface area (Å²) in [6, 6.07) is 19.3. The summed E-state index contributed by atoms with van der Waals surface area (Å²) in [5.74, 6) is 1.07. The minimum absolute atomic E-state index is 0.375.